The third-order valence-corrected chi connectivity index (χ3v) is 6.56. The number of carbonyl (C=O) groups is 1. The first-order valence-electron chi connectivity index (χ1n) is 10.9. The Bertz CT molecular complexity index is 947. The van der Waals surface area contributed by atoms with Crippen molar-refractivity contribution >= 4 is 17.6 Å². The van der Waals surface area contributed by atoms with E-state index in [1.54, 1.807) is 29.9 Å². The van der Waals surface area contributed by atoms with E-state index >= 15 is 0 Å². The number of para-hydroxylation sites is 1. The number of amides is 1. The van der Waals surface area contributed by atoms with Crippen LogP contribution in [0.2, 0.25) is 0 Å². The minimum Gasteiger partial charge on any atom is -0.496 e. The molecule has 8 nitrogen and oxygen atoms in total. The van der Waals surface area contributed by atoms with E-state index in [4.69, 9.17) is 4.74 Å². The number of aryl methyl sites for hydroxylation is 1. The van der Waals surface area contributed by atoms with Crippen molar-refractivity contribution < 1.29 is 9.53 Å². The van der Waals surface area contributed by atoms with E-state index in [-0.39, 0.29) is 11.3 Å². The van der Waals surface area contributed by atoms with Crippen LogP contribution in [0.5, 0.6) is 5.75 Å². The SMILES string of the molecule is CN=C(NCC1(c2ccccc2OC)CCCC1)N1CCN(c2cnn(C)c2)C(=O)C1. The van der Waals surface area contributed by atoms with Gasteiger partial charge in [-0.2, -0.15) is 5.10 Å². The molecule has 1 saturated heterocycles. The quantitative estimate of drug-likeness (QED) is 0.588. The summed E-state index contributed by atoms with van der Waals surface area (Å²) in [6.07, 6.45) is 8.26. The van der Waals surface area contributed by atoms with Gasteiger partial charge in [-0.15, -0.1) is 0 Å². The number of methoxy groups -OCH3 is 1. The Labute approximate surface area is 183 Å². The molecule has 2 aliphatic rings. The molecule has 8 heteroatoms. The van der Waals surface area contributed by atoms with Gasteiger partial charge in [0.15, 0.2) is 5.96 Å². The van der Waals surface area contributed by atoms with Crippen molar-refractivity contribution in [3.05, 3.63) is 42.2 Å². The lowest BCUT2D eigenvalue weighted by Crippen LogP contribution is -2.56. The Morgan fingerprint density at radius 2 is 2.03 bits per heavy atom. The number of anilines is 1. The van der Waals surface area contributed by atoms with Crippen LogP contribution in [0.15, 0.2) is 41.7 Å². The van der Waals surface area contributed by atoms with Gasteiger partial charge in [-0.1, -0.05) is 31.0 Å². The first kappa shape index (κ1) is 21.2. The minimum atomic E-state index is 0.0179. The van der Waals surface area contributed by atoms with E-state index in [0.29, 0.717) is 13.1 Å². The summed E-state index contributed by atoms with van der Waals surface area (Å²) < 4.78 is 7.39. The molecule has 1 aromatic carbocycles. The molecule has 166 valence electrons. The van der Waals surface area contributed by atoms with Crippen molar-refractivity contribution in [2.45, 2.75) is 31.1 Å². The van der Waals surface area contributed by atoms with Crippen molar-refractivity contribution in [3.63, 3.8) is 0 Å². The molecular formula is C23H32N6O2. The summed E-state index contributed by atoms with van der Waals surface area (Å²) in [7, 11) is 5.38. The Hall–Kier alpha value is -3.03. The highest BCUT2D eigenvalue weighted by Gasteiger charge is 2.38. The van der Waals surface area contributed by atoms with Crippen LogP contribution >= 0.6 is 0 Å². The summed E-state index contributed by atoms with van der Waals surface area (Å²) in [5, 5.41) is 7.77. The Morgan fingerprint density at radius 3 is 2.68 bits per heavy atom. The molecule has 0 unspecified atom stereocenters. The van der Waals surface area contributed by atoms with Crippen molar-refractivity contribution in [2.24, 2.45) is 12.0 Å². The zero-order valence-electron chi connectivity index (χ0n) is 18.7. The van der Waals surface area contributed by atoms with Gasteiger partial charge >= 0.3 is 0 Å². The number of carbonyl (C=O) groups excluding carboxylic acids is 1. The summed E-state index contributed by atoms with van der Waals surface area (Å²) in [6, 6.07) is 8.33. The van der Waals surface area contributed by atoms with E-state index in [9.17, 15) is 4.79 Å². The third-order valence-electron chi connectivity index (χ3n) is 6.56. The molecule has 1 amide bonds. The van der Waals surface area contributed by atoms with Crippen LogP contribution in [0.3, 0.4) is 0 Å². The number of aliphatic imine (C=N–C) groups is 1. The molecule has 0 bridgehead atoms. The highest BCUT2D eigenvalue weighted by Crippen LogP contribution is 2.44. The number of guanidine groups is 1. The largest absolute Gasteiger partial charge is 0.496 e. The third kappa shape index (κ3) is 4.24. The van der Waals surface area contributed by atoms with Gasteiger partial charge in [-0.25, -0.2) is 0 Å². The van der Waals surface area contributed by atoms with E-state index < -0.39 is 0 Å². The van der Waals surface area contributed by atoms with Gasteiger partial charge in [0.05, 0.1) is 19.0 Å². The topological polar surface area (TPSA) is 75.0 Å². The van der Waals surface area contributed by atoms with E-state index in [0.717, 1.165) is 43.3 Å². The molecule has 1 aliphatic heterocycles. The first-order chi connectivity index (χ1) is 15.1. The van der Waals surface area contributed by atoms with Crippen LogP contribution in [0.25, 0.3) is 0 Å². The average Bonchev–Trinajstić information content (AvgIpc) is 3.44. The number of hydrogen-bond acceptors (Lipinski definition) is 4. The second kappa shape index (κ2) is 8.99. The Morgan fingerprint density at radius 1 is 1.26 bits per heavy atom. The van der Waals surface area contributed by atoms with Gasteiger partial charge in [0.1, 0.15) is 12.3 Å². The summed E-state index contributed by atoms with van der Waals surface area (Å²) >= 11 is 0. The minimum absolute atomic E-state index is 0.0179. The molecule has 1 aliphatic carbocycles. The number of hydrogen-bond donors (Lipinski definition) is 1. The Balaban J connectivity index is 1.45. The summed E-state index contributed by atoms with van der Waals surface area (Å²) in [5.41, 5.74) is 2.12. The van der Waals surface area contributed by atoms with Crippen molar-refractivity contribution in [3.8, 4) is 5.75 Å². The van der Waals surface area contributed by atoms with Gasteiger partial charge in [-0.3, -0.25) is 14.5 Å². The lowest BCUT2D eigenvalue weighted by Gasteiger charge is -2.37. The first-order valence-corrected chi connectivity index (χ1v) is 10.9. The maximum Gasteiger partial charge on any atom is 0.246 e. The van der Waals surface area contributed by atoms with Crippen molar-refractivity contribution in [1.82, 2.24) is 20.0 Å². The summed E-state index contributed by atoms with van der Waals surface area (Å²) in [6.45, 7) is 2.41. The number of ether oxygens (including phenoxy) is 1. The molecule has 4 rings (SSSR count). The standard InChI is InChI=1S/C23H32N6O2/c1-24-22(28-12-13-29(21(30)16-28)18-14-26-27(2)15-18)25-17-23(10-6-7-11-23)19-8-4-5-9-20(19)31-3/h4-5,8-9,14-15H,6-7,10-13,16-17H2,1-3H3,(H,24,25). The van der Waals surface area contributed by atoms with Crippen LogP contribution in [-0.4, -0.2) is 66.9 Å². The number of nitrogens with one attached hydrogen (secondary N) is 1. The molecule has 31 heavy (non-hydrogen) atoms. The fourth-order valence-electron chi connectivity index (χ4n) is 4.93. The highest BCUT2D eigenvalue weighted by molar-refractivity contribution is 5.98. The second-order valence-electron chi connectivity index (χ2n) is 8.43. The smallest absolute Gasteiger partial charge is 0.246 e. The van der Waals surface area contributed by atoms with Gasteiger partial charge in [0.25, 0.3) is 0 Å². The van der Waals surface area contributed by atoms with Crippen LogP contribution < -0.4 is 15.0 Å². The fourth-order valence-corrected chi connectivity index (χ4v) is 4.93. The van der Waals surface area contributed by atoms with Gasteiger partial charge in [0.2, 0.25) is 5.91 Å². The number of benzene rings is 1. The van der Waals surface area contributed by atoms with E-state index in [1.807, 2.05) is 30.3 Å². The lowest BCUT2D eigenvalue weighted by molar-refractivity contribution is -0.120. The zero-order valence-corrected chi connectivity index (χ0v) is 18.7. The van der Waals surface area contributed by atoms with Gasteiger partial charge in [0, 0.05) is 50.9 Å². The predicted molar refractivity (Wildman–Crippen MR) is 122 cm³/mol. The van der Waals surface area contributed by atoms with Crippen LogP contribution in [-0.2, 0) is 17.3 Å². The molecule has 0 radical (unpaired) electrons. The highest BCUT2D eigenvalue weighted by atomic mass is 16.5. The number of rotatable bonds is 5. The molecule has 1 saturated carbocycles. The maximum atomic E-state index is 12.8. The molecule has 1 aromatic heterocycles. The molecule has 2 fully saturated rings. The predicted octanol–water partition coefficient (Wildman–Crippen LogP) is 2.16. The van der Waals surface area contributed by atoms with E-state index in [1.165, 1.54) is 18.4 Å². The van der Waals surface area contributed by atoms with Gasteiger partial charge < -0.3 is 19.9 Å². The maximum absolute atomic E-state index is 12.8. The normalized spacial score (nSPS) is 19.1. The number of piperazine rings is 1. The lowest BCUT2D eigenvalue weighted by atomic mass is 9.78. The number of aromatic nitrogens is 2. The monoisotopic (exact) mass is 424 g/mol. The second-order valence-corrected chi connectivity index (χ2v) is 8.43. The fraction of sp³-hybridized carbons (Fsp3) is 0.522. The summed E-state index contributed by atoms with van der Waals surface area (Å²) in [5.74, 6) is 1.78. The molecule has 0 spiro atoms. The van der Waals surface area contributed by atoms with Crippen LogP contribution in [0.4, 0.5) is 5.69 Å². The number of nitrogens with zero attached hydrogens (tertiary/aromatic N) is 5. The van der Waals surface area contributed by atoms with Crippen LogP contribution in [0, 0.1) is 0 Å². The Kier molecular flexibility index (Phi) is 6.15. The molecule has 1 N–H and O–H groups in total. The molecular weight excluding hydrogens is 392 g/mol. The van der Waals surface area contributed by atoms with Gasteiger partial charge in [-0.05, 0) is 18.9 Å². The zero-order chi connectivity index (χ0) is 21.8. The molecule has 0 atom stereocenters. The van der Waals surface area contributed by atoms with Crippen LogP contribution in [0.1, 0.15) is 31.2 Å². The molecule has 2 aromatic rings. The summed E-state index contributed by atoms with van der Waals surface area (Å²) in [4.78, 5) is 21.1. The van der Waals surface area contributed by atoms with E-state index in [2.05, 4.69) is 27.5 Å². The average molecular weight is 425 g/mol. The van der Waals surface area contributed by atoms with Crippen molar-refractivity contribution in [1.29, 1.82) is 0 Å². The molecule has 2 heterocycles. The van der Waals surface area contributed by atoms with Crippen molar-refractivity contribution in [2.75, 3.05) is 45.2 Å².